The first kappa shape index (κ1) is 21.5. The van der Waals surface area contributed by atoms with Crippen LogP contribution in [-0.4, -0.2) is 23.2 Å². The topological polar surface area (TPSA) is 78.8 Å². The summed E-state index contributed by atoms with van der Waals surface area (Å²) in [5.41, 5.74) is -0.671. The van der Waals surface area contributed by atoms with Crippen molar-refractivity contribution < 1.29 is 32.9 Å². The molecule has 1 amide bonds. The van der Waals surface area contributed by atoms with Gasteiger partial charge in [0.05, 0.1) is 18.1 Å². The van der Waals surface area contributed by atoms with Crippen molar-refractivity contribution in [3.05, 3.63) is 71.8 Å². The van der Waals surface area contributed by atoms with Gasteiger partial charge in [-0.2, -0.15) is 13.2 Å². The van der Waals surface area contributed by atoms with Crippen molar-refractivity contribution in [3.8, 4) is 28.4 Å². The van der Waals surface area contributed by atoms with Crippen LogP contribution in [0.5, 0.6) is 17.2 Å². The van der Waals surface area contributed by atoms with Gasteiger partial charge in [-0.05, 0) is 60.4 Å². The van der Waals surface area contributed by atoms with Crippen LogP contribution in [0, 0.1) is 0 Å². The minimum atomic E-state index is -4.61. The van der Waals surface area contributed by atoms with Crippen LogP contribution in [0.15, 0.2) is 60.7 Å². The third-order valence-corrected chi connectivity index (χ3v) is 5.65. The van der Waals surface area contributed by atoms with Crippen LogP contribution in [0.3, 0.4) is 0 Å². The molecule has 0 spiro atoms. The van der Waals surface area contributed by atoms with Crippen LogP contribution >= 0.6 is 0 Å². The molecule has 1 saturated carbocycles. The fraction of sp³-hybridized carbons (Fsp3) is 0.208. The fourth-order valence-corrected chi connectivity index (χ4v) is 3.75. The minimum absolute atomic E-state index is 0.00000593. The summed E-state index contributed by atoms with van der Waals surface area (Å²) in [6, 6.07) is 14.2. The van der Waals surface area contributed by atoms with Crippen molar-refractivity contribution in [2.75, 3.05) is 12.4 Å². The second-order valence-electron chi connectivity index (χ2n) is 7.74. The number of para-hydroxylation sites is 1. The minimum Gasteiger partial charge on any atom is -0.504 e. The zero-order valence-electron chi connectivity index (χ0n) is 17.0. The third-order valence-electron chi connectivity index (χ3n) is 5.65. The standard InChI is InChI=1S/C24H20F3NO4/c1-32-21-5-3-2-4-18(21)14-10-16(24(25,26)27)12-17(11-14)28-22(31)23(8-9-23)15-6-7-19(29)20(30)13-15/h2-7,10-13,29-30H,8-9H2,1H3,(H,28,31). The van der Waals surface area contributed by atoms with Gasteiger partial charge in [-0.25, -0.2) is 0 Å². The van der Waals surface area contributed by atoms with E-state index in [0.29, 0.717) is 29.7 Å². The van der Waals surface area contributed by atoms with Gasteiger partial charge in [0, 0.05) is 11.3 Å². The van der Waals surface area contributed by atoms with Crippen molar-refractivity contribution in [2.24, 2.45) is 0 Å². The lowest BCUT2D eigenvalue weighted by Crippen LogP contribution is -2.28. The monoisotopic (exact) mass is 443 g/mol. The Kier molecular flexibility index (Phi) is 5.24. The highest BCUT2D eigenvalue weighted by Crippen LogP contribution is 2.50. The van der Waals surface area contributed by atoms with Gasteiger partial charge in [-0.1, -0.05) is 24.3 Å². The molecule has 3 aromatic rings. The first-order valence-corrected chi connectivity index (χ1v) is 9.84. The molecule has 8 heteroatoms. The summed E-state index contributed by atoms with van der Waals surface area (Å²) in [5, 5.41) is 21.9. The first-order chi connectivity index (χ1) is 15.1. The van der Waals surface area contributed by atoms with Gasteiger partial charge in [-0.3, -0.25) is 4.79 Å². The molecule has 1 aliphatic carbocycles. The molecule has 4 rings (SSSR count). The quantitative estimate of drug-likeness (QED) is 0.458. The fourth-order valence-electron chi connectivity index (χ4n) is 3.75. The number of amides is 1. The average molecular weight is 443 g/mol. The maximum Gasteiger partial charge on any atom is 0.416 e. The van der Waals surface area contributed by atoms with Crippen LogP contribution < -0.4 is 10.1 Å². The molecule has 0 atom stereocenters. The highest BCUT2D eigenvalue weighted by Gasteiger charge is 2.51. The highest BCUT2D eigenvalue weighted by atomic mass is 19.4. The molecule has 1 fully saturated rings. The molecule has 0 unspecified atom stereocenters. The lowest BCUT2D eigenvalue weighted by atomic mass is 9.94. The number of methoxy groups -OCH3 is 1. The summed E-state index contributed by atoms with van der Waals surface area (Å²) in [5.74, 6) is -0.751. The van der Waals surface area contributed by atoms with E-state index in [1.54, 1.807) is 24.3 Å². The number of carbonyl (C=O) groups excluding carboxylic acids is 1. The summed E-state index contributed by atoms with van der Waals surface area (Å²) in [6.45, 7) is 0. The van der Waals surface area contributed by atoms with Gasteiger partial charge in [0.2, 0.25) is 5.91 Å². The number of phenols is 2. The maximum atomic E-state index is 13.6. The number of rotatable bonds is 5. The lowest BCUT2D eigenvalue weighted by molar-refractivity contribution is -0.137. The molecule has 0 heterocycles. The number of aromatic hydroxyl groups is 2. The predicted octanol–water partition coefficient (Wildman–Crippen LogP) is 5.46. The Hall–Kier alpha value is -3.68. The zero-order valence-corrected chi connectivity index (χ0v) is 17.0. The van der Waals surface area contributed by atoms with Crippen molar-refractivity contribution in [1.82, 2.24) is 0 Å². The SMILES string of the molecule is COc1ccccc1-c1cc(NC(=O)C2(c3ccc(O)c(O)c3)CC2)cc(C(F)(F)F)c1. The molecule has 0 aromatic heterocycles. The molecule has 0 radical (unpaired) electrons. The molecule has 5 nitrogen and oxygen atoms in total. The number of carbonyl (C=O) groups is 1. The van der Waals surface area contributed by atoms with E-state index >= 15 is 0 Å². The summed E-state index contributed by atoms with van der Waals surface area (Å²) in [6.07, 6.45) is -3.67. The van der Waals surface area contributed by atoms with Gasteiger partial charge in [0.15, 0.2) is 11.5 Å². The summed E-state index contributed by atoms with van der Waals surface area (Å²) < 4.78 is 46.0. The Morgan fingerprint density at radius 3 is 2.34 bits per heavy atom. The van der Waals surface area contributed by atoms with Crippen molar-refractivity contribution in [3.63, 3.8) is 0 Å². The van der Waals surface area contributed by atoms with Gasteiger partial charge < -0.3 is 20.3 Å². The number of alkyl halides is 3. The van der Waals surface area contributed by atoms with Crippen LogP contribution in [0.1, 0.15) is 24.0 Å². The van der Waals surface area contributed by atoms with Gasteiger partial charge >= 0.3 is 6.18 Å². The van der Waals surface area contributed by atoms with E-state index in [1.165, 1.54) is 31.4 Å². The van der Waals surface area contributed by atoms with Crippen molar-refractivity contribution in [1.29, 1.82) is 0 Å². The predicted molar refractivity (Wildman–Crippen MR) is 113 cm³/mol. The number of ether oxygens (including phenoxy) is 1. The van der Waals surface area contributed by atoms with E-state index in [9.17, 15) is 28.2 Å². The van der Waals surface area contributed by atoms with E-state index in [1.807, 2.05) is 0 Å². The van der Waals surface area contributed by atoms with Crippen molar-refractivity contribution >= 4 is 11.6 Å². The van der Waals surface area contributed by atoms with E-state index in [-0.39, 0.29) is 22.7 Å². The van der Waals surface area contributed by atoms with Crippen LogP contribution in [0.25, 0.3) is 11.1 Å². The van der Waals surface area contributed by atoms with Crippen LogP contribution in [0.4, 0.5) is 18.9 Å². The van der Waals surface area contributed by atoms with Crippen molar-refractivity contribution in [2.45, 2.75) is 24.4 Å². The number of benzene rings is 3. The smallest absolute Gasteiger partial charge is 0.416 e. The van der Waals surface area contributed by atoms with E-state index < -0.39 is 23.1 Å². The Balaban J connectivity index is 1.72. The second kappa shape index (κ2) is 7.78. The van der Waals surface area contributed by atoms with E-state index in [2.05, 4.69) is 5.32 Å². The molecule has 1 aliphatic rings. The van der Waals surface area contributed by atoms with E-state index in [0.717, 1.165) is 12.1 Å². The number of halogens is 3. The molecule has 166 valence electrons. The number of nitrogens with one attached hydrogen (secondary N) is 1. The highest BCUT2D eigenvalue weighted by molar-refractivity contribution is 6.02. The Morgan fingerprint density at radius 2 is 1.72 bits per heavy atom. The molecule has 32 heavy (non-hydrogen) atoms. The summed E-state index contributed by atoms with van der Waals surface area (Å²) >= 11 is 0. The largest absolute Gasteiger partial charge is 0.504 e. The Morgan fingerprint density at radius 1 is 1.00 bits per heavy atom. The molecular weight excluding hydrogens is 423 g/mol. The number of hydrogen-bond acceptors (Lipinski definition) is 4. The molecular formula is C24H20F3NO4. The maximum absolute atomic E-state index is 13.6. The molecule has 3 aromatic carbocycles. The number of anilines is 1. The number of phenolic OH excluding ortho intramolecular Hbond substituents is 2. The molecule has 0 aliphatic heterocycles. The molecule has 3 N–H and O–H groups in total. The first-order valence-electron chi connectivity index (χ1n) is 9.84. The Bertz CT molecular complexity index is 1190. The zero-order chi connectivity index (χ0) is 23.1. The van der Waals surface area contributed by atoms with E-state index in [4.69, 9.17) is 4.74 Å². The average Bonchev–Trinajstić information content (AvgIpc) is 3.57. The lowest BCUT2D eigenvalue weighted by Gasteiger charge is -2.19. The summed E-state index contributed by atoms with van der Waals surface area (Å²) in [7, 11) is 1.43. The number of hydrogen-bond donors (Lipinski definition) is 3. The normalized spacial score (nSPS) is 14.6. The molecule has 0 bridgehead atoms. The summed E-state index contributed by atoms with van der Waals surface area (Å²) in [4.78, 5) is 13.1. The van der Waals surface area contributed by atoms with Gasteiger partial charge in [0.25, 0.3) is 0 Å². The second-order valence-corrected chi connectivity index (χ2v) is 7.74. The molecule has 0 saturated heterocycles. The van der Waals surface area contributed by atoms with Gasteiger partial charge in [0.1, 0.15) is 5.75 Å². The van der Waals surface area contributed by atoms with Gasteiger partial charge in [-0.15, -0.1) is 0 Å². The third kappa shape index (κ3) is 3.95. The Labute approximate surface area is 182 Å². The van der Waals surface area contributed by atoms with Crippen LogP contribution in [-0.2, 0) is 16.4 Å². The van der Waals surface area contributed by atoms with Crippen LogP contribution in [0.2, 0.25) is 0 Å².